The number of pyridine rings is 1. The Hall–Kier alpha value is -2.50. The van der Waals surface area contributed by atoms with E-state index in [4.69, 9.17) is 0 Å². The number of hydrogen-bond donors (Lipinski definition) is 2. The third-order valence-corrected chi connectivity index (χ3v) is 2.27. The minimum Gasteiger partial charge on any atom is -0.505 e. The van der Waals surface area contributed by atoms with Crippen LogP contribution < -0.4 is 5.32 Å². The Morgan fingerprint density at radius 1 is 1.33 bits per heavy atom. The number of aryl methyl sites for hydroxylation is 1. The van der Waals surface area contributed by atoms with E-state index in [0.717, 1.165) is 0 Å². The van der Waals surface area contributed by atoms with Crippen LogP contribution in [-0.4, -0.2) is 26.0 Å². The highest BCUT2D eigenvalue weighted by Gasteiger charge is 2.11. The Kier molecular flexibility index (Phi) is 3.47. The van der Waals surface area contributed by atoms with Crippen LogP contribution in [0, 0.1) is 6.92 Å². The van der Waals surface area contributed by atoms with Crippen molar-refractivity contribution < 1.29 is 9.90 Å². The fraction of sp³-hybridized carbons (Fsp3) is 0.167. The molecule has 0 saturated carbocycles. The molecule has 2 rings (SSSR count). The monoisotopic (exact) mass is 244 g/mol. The lowest BCUT2D eigenvalue weighted by molar-refractivity contribution is 0.0942. The predicted octanol–water partition coefficient (Wildman–Crippen LogP) is 0.816. The maximum Gasteiger partial charge on any atom is 0.274 e. The Balaban J connectivity index is 2.03. The van der Waals surface area contributed by atoms with E-state index in [1.807, 2.05) is 0 Å². The molecule has 6 nitrogen and oxygen atoms in total. The number of aromatic hydroxyl groups is 1. The Labute approximate surface area is 104 Å². The van der Waals surface area contributed by atoms with Crippen molar-refractivity contribution in [3.8, 4) is 5.75 Å². The first-order valence-electron chi connectivity index (χ1n) is 5.37. The van der Waals surface area contributed by atoms with Crippen LogP contribution in [0.25, 0.3) is 0 Å². The highest BCUT2D eigenvalue weighted by molar-refractivity contribution is 5.94. The summed E-state index contributed by atoms with van der Waals surface area (Å²) in [6.07, 6.45) is 3.07. The Bertz CT molecular complexity index is 572. The zero-order valence-corrected chi connectivity index (χ0v) is 9.79. The Morgan fingerprint density at radius 2 is 2.17 bits per heavy atom. The van der Waals surface area contributed by atoms with Gasteiger partial charge in [-0.1, -0.05) is 0 Å². The molecule has 0 spiro atoms. The summed E-state index contributed by atoms with van der Waals surface area (Å²) in [7, 11) is 0. The molecule has 0 aliphatic heterocycles. The van der Waals surface area contributed by atoms with Gasteiger partial charge in [-0.05, 0) is 25.1 Å². The molecule has 0 fully saturated rings. The van der Waals surface area contributed by atoms with Crippen LogP contribution in [0.15, 0.2) is 30.6 Å². The molecule has 92 valence electrons. The lowest BCUT2D eigenvalue weighted by Crippen LogP contribution is -2.24. The first-order valence-corrected chi connectivity index (χ1v) is 5.37. The molecule has 0 atom stereocenters. The highest BCUT2D eigenvalue weighted by Crippen LogP contribution is 2.12. The normalized spacial score (nSPS) is 10.1. The van der Waals surface area contributed by atoms with Crippen molar-refractivity contribution in [2.75, 3.05) is 0 Å². The van der Waals surface area contributed by atoms with Crippen LogP contribution in [0.2, 0.25) is 0 Å². The van der Waals surface area contributed by atoms with Crippen LogP contribution in [0.4, 0.5) is 0 Å². The summed E-state index contributed by atoms with van der Waals surface area (Å²) in [5.74, 6) is 0.0562. The maximum absolute atomic E-state index is 11.7. The van der Waals surface area contributed by atoms with Crippen LogP contribution in [0.5, 0.6) is 5.75 Å². The highest BCUT2D eigenvalue weighted by atomic mass is 16.3. The van der Waals surface area contributed by atoms with Crippen molar-refractivity contribution in [1.29, 1.82) is 0 Å². The topological polar surface area (TPSA) is 88.0 Å². The minimum atomic E-state index is -0.440. The van der Waals surface area contributed by atoms with Gasteiger partial charge in [-0.15, -0.1) is 0 Å². The molecular formula is C12H12N4O2. The summed E-state index contributed by atoms with van der Waals surface area (Å²) in [6, 6.07) is 4.68. The third-order valence-electron chi connectivity index (χ3n) is 2.27. The van der Waals surface area contributed by atoms with Crippen molar-refractivity contribution in [2.45, 2.75) is 13.5 Å². The smallest absolute Gasteiger partial charge is 0.274 e. The number of amides is 1. The lowest BCUT2D eigenvalue weighted by atomic mass is 10.3. The van der Waals surface area contributed by atoms with E-state index < -0.39 is 5.91 Å². The molecule has 6 heteroatoms. The quantitative estimate of drug-likeness (QED) is 0.834. The second-order valence-corrected chi connectivity index (χ2v) is 3.65. The number of nitrogens with zero attached hydrogens (tertiary/aromatic N) is 3. The van der Waals surface area contributed by atoms with Crippen molar-refractivity contribution >= 4 is 5.91 Å². The molecule has 0 radical (unpaired) electrons. The van der Waals surface area contributed by atoms with Gasteiger partial charge >= 0.3 is 0 Å². The zero-order valence-electron chi connectivity index (χ0n) is 9.79. The molecule has 0 aromatic carbocycles. The maximum atomic E-state index is 11.7. The van der Waals surface area contributed by atoms with E-state index in [1.165, 1.54) is 12.3 Å². The van der Waals surface area contributed by atoms with Gasteiger partial charge in [0.05, 0.1) is 12.2 Å². The molecule has 2 aromatic rings. The lowest BCUT2D eigenvalue weighted by Gasteiger charge is -2.05. The van der Waals surface area contributed by atoms with Gasteiger partial charge in [-0.25, -0.2) is 15.0 Å². The van der Waals surface area contributed by atoms with Gasteiger partial charge in [0.1, 0.15) is 11.6 Å². The summed E-state index contributed by atoms with van der Waals surface area (Å²) >= 11 is 0. The number of nitrogens with one attached hydrogen (secondary N) is 1. The number of rotatable bonds is 3. The zero-order chi connectivity index (χ0) is 13.0. The van der Waals surface area contributed by atoms with Gasteiger partial charge < -0.3 is 10.4 Å². The van der Waals surface area contributed by atoms with E-state index in [9.17, 15) is 9.90 Å². The van der Waals surface area contributed by atoms with Gasteiger partial charge in [0.2, 0.25) is 0 Å². The van der Waals surface area contributed by atoms with Gasteiger partial charge in [0.25, 0.3) is 5.91 Å². The molecular weight excluding hydrogens is 232 g/mol. The fourth-order valence-electron chi connectivity index (χ4n) is 1.43. The molecule has 18 heavy (non-hydrogen) atoms. The average molecular weight is 244 g/mol. The first-order chi connectivity index (χ1) is 8.66. The molecule has 2 aromatic heterocycles. The molecule has 0 bridgehead atoms. The standard InChI is InChI=1S/C12H12N4O2/c1-8-13-6-4-9(16-8)7-15-12(18)11-10(17)3-2-5-14-11/h2-6,17H,7H2,1H3,(H,15,18). The van der Waals surface area contributed by atoms with E-state index >= 15 is 0 Å². The van der Waals surface area contributed by atoms with Crippen LogP contribution in [-0.2, 0) is 6.54 Å². The largest absolute Gasteiger partial charge is 0.505 e. The van der Waals surface area contributed by atoms with Crippen molar-refractivity contribution in [2.24, 2.45) is 0 Å². The van der Waals surface area contributed by atoms with Crippen molar-refractivity contribution in [1.82, 2.24) is 20.3 Å². The van der Waals surface area contributed by atoms with Crippen molar-refractivity contribution in [3.63, 3.8) is 0 Å². The van der Waals surface area contributed by atoms with Gasteiger partial charge in [0.15, 0.2) is 5.69 Å². The minimum absolute atomic E-state index is 0.00304. The van der Waals surface area contributed by atoms with Crippen LogP contribution in [0.3, 0.4) is 0 Å². The fourth-order valence-corrected chi connectivity index (χ4v) is 1.43. The molecule has 2 heterocycles. The third kappa shape index (κ3) is 2.79. The summed E-state index contributed by atoms with van der Waals surface area (Å²) < 4.78 is 0. The second-order valence-electron chi connectivity index (χ2n) is 3.65. The molecule has 0 saturated heterocycles. The van der Waals surface area contributed by atoms with Crippen LogP contribution in [0.1, 0.15) is 22.0 Å². The average Bonchev–Trinajstić information content (AvgIpc) is 2.37. The SMILES string of the molecule is Cc1nccc(CNC(=O)c2ncccc2O)n1. The molecule has 1 amide bonds. The summed E-state index contributed by atoms with van der Waals surface area (Å²) in [6.45, 7) is 2.04. The second kappa shape index (κ2) is 5.22. The van der Waals surface area contributed by atoms with Gasteiger partial charge in [0, 0.05) is 12.4 Å². The number of hydrogen-bond acceptors (Lipinski definition) is 5. The Morgan fingerprint density at radius 3 is 2.89 bits per heavy atom. The van der Waals surface area contributed by atoms with E-state index in [-0.39, 0.29) is 18.0 Å². The van der Waals surface area contributed by atoms with E-state index in [1.54, 1.807) is 25.3 Å². The van der Waals surface area contributed by atoms with E-state index in [0.29, 0.717) is 11.5 Å². The molecule has 0 aliphatic carbocycles. The first kappa shape index (κ1) is 12.0. The summed E-state index contributed by atoms with van der Waals surface area (Å²) in [5.41, 5.74) is 0.703. The van der Waals surface area contributed by atoms with E-state index in [2.05, 4.69) is 20.3 Å². The molecule has 2 N–H and O–H groups in total. The summed E-state index contributed by atoms with van der Waals surface area (Å²) in [5, 5.41) is 12.1. The number of aromatic nitrogens is 3. The number of carbonyl (C=O) groups excluding carboxylic acids is 1. The van der Waals surface area contributed by atoms with Gasteiger partial charge in [-0.3, -0.25) is 4.79 Å². The van der Waals surface area contributed by atoms with Crippen LogP contribution >= 0.6 is 0 Å². The van der Waals surface area contributed by atoms with Crippen molar-refractivity contribution in [3.05, 3.63) is 47.8 Å². The number of carbonyl (C=O) groups is 1. The summed E-state index contributed by atoms with van der Waals surface area (Å²) in [4.78, 5) is 23.7. The molecule has 0 unspecified atom stereocenters. The van der Waals surface area contributed by atoms with Gasteiger partial charge in [-0.2, -0.15) is 0 Å². The predicted molar refractivity (Wildman–Crippen MR) is 63.8 cm³/mol. The molecule has 0 aliphatic rings.